The Hall–Kier alpha value is -3.74. The summed E-state index contributed by atoms with van der Waals surface area (Å²) in [7, 11) is 1.62. The number of rotatable bonds is 7. The molecule has 0 spiro atoms. The van der Waals surface area contributed by atoms with Gasteiger partial charge in [-0.25, -0.2) is 9.50 Å². The van der Waals surface area contributed by atoms with E-state index in [0.717, 1.165) is 51.9 Å². The normalized spacial score (nSPS) is 13.4. The van der Waals surface area contributed by atoms with E-state index in [9.17, 15) is 9.59 Å². The van der Waals surface area contributed by atoms with Crippen LogP contribution >= 0.6 is 0 Å². The molecular formula is C27H29N5O2. The predicted molar refractivity (Wildman–Crippen MR) is 132 cm³/mol. The summed E-state index contributed by atoms with van der Waals surface area (Å²) in [5, 5.41) is 8.40. The van der Waals surface area contributed by atoms with E-state index in [0.29, 0.717) is 31.0 Å². The van der Waals surface area contributed by atoms with Crippen molar-refractivity contribution in [2.24, 2.45) is 0 Å². The van der Waals surface area contributed by atoms with Crippen LogP contribution in [0.3, 0.4) is 0 Å². The molecule has 2 amide bonds. The van der Waals surface area contributed by atoms with Gasteiger partial charge in [0.1, 0.15) is 0 Å². The lowest BCUT2D eigenvalue weighted by Crippen LogP contribution is -2.33. The molecule has 1 saturated carbocycles. The first-order valence-corrected chi connectivity index (χ1v) is 11.8. The lowest BCUT2D eigenvalue weighted by atomic mass is 10.1. The fourth-order valence-electron chi connectivity index (χ4n) is 4.62. The number of amides is 2. The first-order chi connectivity index (χ1) is 16.5. The van der Waals surface area contributed by atoms with Crippen molar-refractivity contribution in [2.45, 2.75) is 52.1 Å². The quantitative estimate of drug-likeness (QED) is 0.457. The Kier molecular flexibility index (Phi) is 5.77. The third kappa shape index (κ3) is 4.14. The molecule has 7 nitrogen and oxygen atoms in total. The second-order valence-corrected chi connectivity index (χ2v) is 9.04. The van der Waals surface area contributed by atoms with Crippen LogP contribution in [0.1, 0.15) is 52.1 Å². The van der Waals surface area contributed by atoms with Crippen LogP contribution in [0.25, 0.3) is 16.6 Å². The number of carbonyl (C=O) groups is 2. The number of benzene rings is 2. The average Bonchev–Trinajstić information content (AvgIpc) is 3.63. The minimum absolute atomic E-state index is 0.108. The fraction of sp³-hybridized carbons (Fsp3) is 0.333. The number of nitrogens with one attached hydrogen (secondary N) is 1. The SMILES string of the molecule is CNC(=O)c1ccc(CN(C(=O)CCc2c(C)nc3c4ccccc4nn3c2C)C2CC2)cc1. The molecular weight excluding hydrogens is 426 g/mol. The highest BCUT2D eigenvalue weighted by atomic mass is 16.2. The van der Waals surface area contributed by atoms with Gasteiger partial charge in [-0.1, -0.05) is 24.3 Å². The second-order valence-electron chi connectivity index (χ2n) is 9.04. The standard InChI is InChI=1S/C27H29N5O2/c1-17-22(18(2)32-26(29-17)23-6-4-5-7-24(23)30-32)14-15-25(33)31(21-12-13-21)16-19-8-10-20(11-9-19)27(34)28-3/h4-11,21H,12-16H2,1-3H3,(H,28,34). The van der Waals surface area contributed by atoms with Crippen molar-refractivity contribution in [2.75, 3.05) is 7.05 Å². The molecule has 2 aromatic carbocycles. The van der Waals surface area contributed by atoms with Crippen molar-refractivity contribution in [1.82, 2.24) is 24.8 Å². The molecule has 0 atom stereocenters. The zero-order valence-electron chi connectivity index (χ0n) is 19.8. The van der Waals surface area contributed by atoms with Gasteiger partial charge in [-0.2, -0.15) is 5.10 Å². The minimum Gasteiger partial charge on any atom is -0.355 e. The monoisotopic (exact) mass is 455 g/mol. The number of carbonyl (C=O) groups excluding carboxylic acids is 2. The van der Waals surface area contributed by atoms with Gasteiger partial charge in [0.05, 0.1) is 5.52 Å². The van der Waals surface area contributed by atoms with E-state index < -0.39 is 0 Å². The van der Waals surface area contributed by atoms with Crippen molar-refractivity contribution in [1.29, 1.82) is 0 Å². The highest BCUT2D eigenvalue weighted by Gasteiger charge is 2.32. The molecule has 4 aromatic rings. The van der Waals surface area contributed by atoms with Gasteiger partial charge in [0.15, 0.2) is 5.65 Å². The summed E-state index contributed by atoms with van der Waals surface area (Å²) in [4.78, 5) is 31.9. The highest BCUT2D eigenvalue weighted by Crippen LogP contribution is 2.30. The Morgan fingerprint density at radius 2 is 1.82 bits per heavy atom. The molecule has 1 aliphatic rings. The molecule has 0 unspecified atom stereocenters. The lowest BCUT2D eigenvalue weighted by molar-refractivity contribution is -0.132. The maximum Gasteiger partial charge on any atom is 0.251 e. The molecule has 2 heterocycles. The zero-order chi connectivity index (χ0) is 23.8. The molecule has 174 valence electrons. The van der Waals surface area contributed by atoms with Crippen molar-refractivity contribution in [3.63, 3.8) is 0 Å². The number of aryl methyl sites for hydroxylation is 2. The summed E-state index contributed by atoms with van der Waals surface area (Å²) in [5.41, 5.74) is 6.51. The summed E-state index contributed by atoms with van der Waals surface area (Å²) < 4.78 is 1.91. The molecule has 0 aliphatic heterocycles. The van der Waals surface area contributed by atoms with Gasteiger partial charge in [0.2, 0.25) is 5.91 Å². The number of hydrogen-bond acceptors (Lipinski definition) is 4. The number of fused-ring (bicyclic) bond motifs is 3. The summed E-state index contributed by atoms with van der Waals surface area (Å²) >= 11 is 0. The number of nitrogens with zero attached hydrogens (tertiary/aromatic N) is 4. The van der Waals surface area contributed by atoms with Gasteiger partial charge in [-0.05, 0) is 68.5 Å². The summed E-state index contributed by atoms with van der Waals surface area (Å²) in [6.45, 7) is 4.64. The van der Waals surface area contributed by atoms with Crippen molar-refractivity contribution < 1.29 is 9.59 Å². The van der Waals surface area contributed by atoms with Crippen LogP contribution in [0.2, 0.25) is 0 Å². The smallest absolute Gasteiger partial charge is 0.251 e. The topological polar surface area (TPSA) is 79.6 Å². The van der Waals surface area contributed by atoms with E-state index in [-0.39, 0.29) is 11.8 Å². The molecule has 1 fully saturated rings. The maximum absolute atomic E-state index is 13.3. The van der Waals surface area contributed by atoms with Crippen molar-refractivity contribution in [3.05, 3.63) is 76.6 Å². The molecule has 2 aromatic heterocycles. The number of aromatic nitrogens is 3. The fourth-order valence-corrected chi connectivity index (χ4v) is 4.62. The maximum atomic E-state index is 13.3. The van der Waals surface area contributed by atoms with E-state index in [1.165, 1.54) is 0 Å². The first-order valence-electron chi connectivity index (χ1n) is 11.8. The molecule has 1 aliphatic carbocycles. The van der Waals surface area contributed by atoms with Gasteiger partial charge >= 0.3 is 0 Å². The van der Waals surface area contributed by atoms with E-state index in [1.54, 1.807) is 7.05 Å². The minimum atomic E-state index is -0.108. The van der Waals surface area contributed by atoms with Gasteiger partial charge in [0, 0.05) is 48.4 Å². The molecule has 34 heavy (non-hydrogen) atoms. The molecule has 1 N–H and O–H groups in total. The Labute approximate surface area is 198 Å². The molecule has 5 rings (SSSR count). The number of hydrogen-bond donors (Lipinski definition) is 1. The lowest BCUT2D eigenvalue weighted by Gasteiger charge is -2.23. The first kappa shape index (κ1) is 22.1. The Morgan fingerprint density at radius 1 is 1.09 bits per heavy atom. The van der Waals surface area contributed by atoms with Crippen LogP contribution in [-0.4, -0.2) is 44.4 Å². The van der Waals surface area contributed by atoms with Crippen LogP contribution in [0, 0.1) is 13.8 Å². The van der Waals surface area contributed by atoms with Gasteiger partial charge in [-0.3, -0.25) is 9.59 Å². The molecule has 0 radical (unpaired) electrons. The van der Waals surface area contributed by atoms with E-state index in [1.807, 2.05) is 64.9 Å². The largest absolute Gasteiger partial charge is 0.355 e. The van der Waals surface area contributed by atoms with Crippen molar-refractivity contribution in [3.8, 4) is 0 Å². The Bertz CT molecular complexity index is 1390. The Morgan fingerprint density at radius 3 is 2.53 bits per heavy atom. The average molecular weight is 456 g/mol. The zero-order valence-corrected chi connectivity index (χ0v) is 19.8. The Balaban J connectivity index is 1.33. The van der Waals surface area contributed by atoms with Gasteiger partial charge < -0.3 is 10.2 Å². The third-order valence-corrected chi connectivity index (χ3v) is 6.71. The van der Waals surface area contributed by atoms with Crippen LogP contribution in [0.15, 0.2) is 48.5 Å². The highest BCUT2D eigenvalue weighted by molar-refractivity contribution is 5.94. The van der Waals surface area contributed by atoms with E-state index >= 15 is 0 Å². The van der Waals surface area contributed by atoms with Gasteiger partial charge in [0.25, 0.3) is 5.91 Å². The third-order valence-electron chi connectivity index (χ3n) is 6.71. The van der Waals surface area contributed by atoms with Crippen LogP contribution in [-0.2, 0) is 17.8 Å². The predicted octanol–water partition coefficient (Wildman–Crippen LogP) is 3.98. The molecule has 7 heteroatoms. The van der Waals surface area contributed by atoms with Crippen LogP contribution in [0.4, 0.5) is 0 Å². The second kappa shape index (κ2) is 8.89. The van der Waals surface area contributed by atoms with E-state index in [4.69, 9.17) is 10.1 Å². The van der Waals surface area contributed by atoms with Crippen LogP contribution < -0.4 is 5.32 Å². The van der Waals surface area contributed by atoms with Gasteiger partial charge in [-0.15, -0.1) is 0 Å². The summed E-state index contributed by atoms with van der Waals surface area (Å²) in [6.07, 6.45) is 3.16. The summed E-state index contributed by atoms with van der Waals surface area (Å²) in [5.74, 6) is 0.0467. The summed E-state index contributed by atoms with van der Waals surface area (Å²) in [6, 6.07) is 15.8. The van der Waals surface area contributed by atoms with E-state index in [2.05, 4.69) is 12.2 Å². The van der Waals surface area contributed by atoms with Crippen LogP contribution in [0.5, 0.6) is 0 Å². The van der Waals surface area contributed by atoms with Crippen molar-refractivity contribution >= 4 is 28.4 Å². The molecule has 0 saturated heterocycles. The molecule has 0 bridgehead atoms.